The minimum Gasteiger partial charge on any atom is -0.497 e. The van der Waals surface area contributed by atoms with Gasteiger partial charge >= 0.3 is 0 Å². The molecule has 1 atom stereocenters. The summed E-state index contributed by atoms with van der Waals surface area (Å²) in [4.78, 5) is 14.3. The van der Waals surface area contributed by atoms with E-state index in [-0.39, 0.29) is 5.25 Å². The van der Waals surface area contributed by atoms with Gasteiger partial charge in [0, 0.05) is 29.6 Å². The van der Waals surface area contributed by atoms with E-state index >= 15 is 0 Å². The van der Waals surface area contributed by atoms with Gasteiger partial charge < -0.3 is 14.4 Å². The number of ether oxygens (including phenoxy) is 2. The van der Waals surface area contributed by atoms with E-state index in [1.807, 2.05) is 30.3 Å². The van der Waals surface area contributed by atoms with E-state index in [1.165, 1.54) is 4.90 Å². The molecule has 0 aromatic heterocycles. The first kappa shape index (κ1) is 15.7. The van der Waals surface area contributed by atoms with Crippen LogP contribution in [0.3, 0.4) is 0 Å². The predicted molar refractivity (Wildman–Crippen MR) is 91.1 cm³/mol. The minimum atomic E-state index is 0.132. The summed E-state index contributed by atoms with van der Waals surface area (Å²) in [5, 5.41) is 0.132. The Balaban J connectivity index is 2.02. The van der Waals surface area contributed by atoms with Gasteiger partial charge in [0.1, 0.15) is 11.5 Å². The molecule has 1 unspecified atom stereocenters. The second-order valence-corrected chi connectivity index (χ2v) is 6.63. The molecule has 1 heterocycles. The minimum absolute atomic E-state index is 0.132. The van der Waals surface area contributed by atoms with Gasteiger partial charge in [-0.2, -0.15) is 0 Å². The van der Waals surface area contributed by atoms with Crippen molar-refractivity contribution in [1.29, 1.82) is 0 Å². The first-order valence-electron chi connectivity index (χ1n) is 7.41. The molecule has 0 radical (unpaired) electrons. The van der Waals surface area contributed by atoms with Crippen LogP contribution in [-0.2, 0) is 11.3 Å². The number of methoxy groups -OCH3 is 2. The summed E-state index contributed by atoms with van der Waals surface area (Å²) in [5.74, 6) is 1.56. The van der Waals surface area contributed by atoms with Crippen molar-refractivity contribution >= 4 is 18.2 Å². The second-order valence-electron chi connectivity index (χ2n) is 5.36. The molecule has 3 rings (SSSR count). The van der Waals surface area contributed by atoms with E-state index in [4.69, 9.17) is 9.47 Å². The average molecular weight is 329 g/mol. The van der Waals surface area contributed by atoms with Crippen LogP contribution in [-0.4, -0.2) is 32.1 Å². The van der Waals surface area contributed by atoms with Crippen molar-refractivity contribution in [3.63, 3.8) is 0 Å². The van der Waals surface area contributed by atoms with Crippen LogP contribution < -0.4 is 9.47 Å². The number of carbonyl (C=O) groups is 1. The molecule has 1 aliphatic rings. The van der Waals surface area contributed by atoms with Gasteiger partial charge in [-0.05, 0) is 23.8 Å². The van der Waals surface area contributed by atoms with Crippen molar-refractivity contribution in [2.75, 3.05) is 20.8 Å². The Labute approximate surface area is 140 Å². The molecule has 0 saturated carbocycles. The lowest BCUT2D eigenvalue weighted by Gasteiger charge is -2.33. The number of hydrogen-bond donors (Lipinski definition) is 0. The van der Waals surface area contributed by atoms with Gasteiger partial charge in [-0.1, -0.05) is 18.2 Å². The fraction of sp³-hybridized carbons (Fsp3) is 0.278. The van der Waals surface area contributed by atoms with Crippen LogP contribution in [0.5, 0.6) is 11.5 Å². The van der Waals surface area contributed by atoms with Gasteiger partial charge in [-0.3, -0.25) is 4.79 Å². The van der Waals surface area contributed by atoms with Crippen molar-refractivity contribution in [2.24, 2.45) is 0 Å². The lowest BCUT2D eigenvalue weighted by atomic mass is 9.98. The Kier molecular flexibility index (Phi) is 4.76. The highest BCUT2D eigenvalue weighted by Gasteiger charge is 2.29. The van der Waals surface area contributed by atoms with E-state index < -0.39 is 0 Å². The summed E-state index contributed by atoms with van der Waals surface area (Å²) in [6, 6.07) is 14.1. The van der Waals surface area contributed by atoms with Crippen LogP contribution in [0.15, 0.2) is 47.4 Å². The largest absolute Gasteiger partial charge is 0.497 e. The Bertz CT molecular complexity index is 690. The summed E-state index contributed by atoms with van der Waals surface area (Å²) < 4.78 is 10.9. The molecule has 4 nitrogen and oxygen atoms in total. The first-order valence-corrected chi connectivity index (χ1v) is 8.29. The van der Waals surface area contributed by atoms with Crippen LogP contribution in [0, 0.1) is 0 Å². The zero-order valence-electron chi connectivity index (χ0n) is 13.2. The zero-order valence-corrected chi connectivity index (χ0v) is 14.0. The van der Waals surface area contributed by atoms with Crippen LogP contribution in [0.25, 0.3) is 0 Å². The number of nitrogens with zero attached hydrogens (tertiary/aromatic N) is 1. The SMILES string of the molecule is COc1cc2c(c(OC)c1)C(Sc1ccccc1)CN(C=O)C2. The Morgan fingerprint density at radius 3 is 2.61 bits per heavy atom. The number of benzene rings is 2. The van der Waals surface area contributed by atoms with Gasteiger partial charge in [-0.25, -0.2) is 0 Å². The van der Waals surface area contributed by atoms with E-state index in [2.05, 4.69) is 12.1 Å². The molecule has 0 saturated heterocycles. The van der Waals surface area contributed by atoms with Gasteiger partial charge in [0.05, 0.1) is 19.5 Å². The monoisotopic (exact) mass is 329 g/mol. The number of hydrogen-bond acceptors (Lipinski definition) is 4. The topological polar surface area (TPSA) is 38.8 Å². The van der Waals surface area contributed by atoms with Crippen molar-refractivity contribution in [2.45, 2.75) is 16.7 Å². The standard InChI is InChI=1S/C18H19NO3S/c1-21-14-8-13-10-19(12-20)11-17(18(13)16(9-14)22-2)23-15-6-4-3-5-7-15/h3-9,12,17H,10-11H2,1-2H3. The molecule has 0 fully saturated rings. The molecule has 2 aromatic rings. The number of amides is 1. The van der Waals surface area contributed by atoms with Crippen molar-refractivity contribution in [3.8, 4) is 11.5 Å². The molecular formula is C18H19NO3S. The molecule has 1 amide bonds. The Hall–Kier alpha value is -2.14. The molecule has 120 valence electrons. The van der Waals surface area contributed by atoms with E-state index in [9.17, 15) is 4.79 Å². The van der Waals surface area contributed by atoms with E-state index in [0.29, 0.717) is 13.1 Å². The van der Waals surface area contributed by atoms with Crippen molar-refractivity contribution in [3.05, 3.63) is 53.6 Å². The van der Waals surface area contributed by atoms with E-state index in [1.54, 1.807) is 30.9 Å². The quantitative estimate of drug-likeness (QED) is 0.787. The maximum Gasteiger partial charge on any atom is 0.210 e. The summed E-state index contributed by atoms with van der Waals surface area (Å²) in [7, 11) is 3.31. The highest BCUT2D eigenvalue weighted by atomic mass is 32.2. The van der Waals surface area contributed by atoms with Gasteiger partial charge in [0.15, 0.2) is 0 Å². The number of carbonyl (C=O) groups excluding carboxylic acids is 1. The highest BCUT2D eigenvalue weighted by Crippen LogP contribution is 2.45. The van der Waals surface area contributed by atoms with Crippen LogP contribution in [0.1, 0.15) is 16.4 Å². The van der Waals surface area contributed by atoms with Gasteiger partial charge in [0.2, 0.25) is 6.41 Å². The van der Waals surface area contributed by atoms with Crippen LogP contribution in [0.4, 0.5) is 0 Å². The van der Waals surface area contributed by atoms with Crippen molar-refractivity contribution < 1.29 is 14.3 Å². The van der Waals surface area contributed by atoms with Crippen LogP contribution >= 0.6 is 11.8 Å². The normalized spacial score (nSPS) is 16.6. The third-order valence-corrected chi connectivity index (χ3v) is 5.14. The zero-order chi connectivity index (χ0) is 16.2. The molecule has 0 N–H and O–H groups in total. The van der Waals surface area contributed by atoms with Gasteiger partial charge in [0.25, 0.3) is 0 Å². The number of rotatable bonds is 5. The van der Waals surface area contributed by atoms with E-state index in [0.717, 1.165) is 29.0 Å². The lowest BCUT2D eigenvalue weighted by Crippen LogP contribution is -2.31. The van der Waals surface area contributed by atoms with Crippen LogP contribution in [0.2, 0.25) is 0 Å². The molecular weight excluding hydrogens is 310 g/mol. The predicted octanol–water partition coefficient (Wildman–Crippen LogP) is 3.51. The molecule has 2 aromatic carbocycles. The summed E-state index contributed by atoms with van der Waals surface area (Å²) in [6.45, 7) is 1.25. The number of thioether (sulfide) groups is 1. The number of fused-ring (bicyclic) bond motifs is 1. The molecule has 0 spiro atoms. The third kappa shape index (κ3) is 3.29. The smallest absolute Gasteiger partial charge is 0.210 e. The fourth-order valence-electron chi connectivity index (χ4n) is 2.87. The fourth-order valence-corrected chi connectivity index (χ4v) is 4.16. The second kappa shape index (κ2) is 6.96. The molecule has 23 heavy (non-hydrogen) atoms. The molecule has 1 aliphatic heterocycles. The summed E-state index contributed by atoms with van der Waals surface area (Å²) >= 11 is 1.75. The van der Waals surface area contributed by atoms with Crippen molar-refractivity contribution in [1.82, 2.24) is 4.90 Å². The summed E-state index contributed by atoms with van der Waals surface area (Å²) in [6.07, 6.45) is 0.910. The Morgan fingerprint density at radius 2 is 1.96 bits per heavy atom. The maximum absolute atomic E-state index is 11.3. The first-order chi connectivity index (χ1) is 11.2. The average Bonchev–Trinajstić information content (AvgIpc) is 2.61. The summed E-state index contributed by atoms with van der Waals surface area (Å²) in [5.41, 5.74) is 2.23. The Morgan fingerprint density at radius 1 is 1.17 bits per heavy atom. The molecule has 0 aliphatic carbocycles. The lowest BCUT2D eigenvalue weighted by molar-refractivity contribution is -0.118. The molecule has 5 heteroatoms. The highest BCUT2D eigenvalue weighted by molar-refractivity contribution is 7.99. The third-order valence-electron chi connectivity index (χ3n) is 3.92. The molecule has 0 bridgehead atoms. The maximum atomic E-state index is 11.3. The van der Waals surface area contributed by atoms with Gasteiger partial charge in [-0.15, -0.1) is 11.8 Å².